The lowest BCUT2D eigenvalue weighted by atomic mass is 10.2. The molecule has 0 saturated carbocycles. The Bertz CT molecular complexity index is 815. The summed E-state index contributed by atoms with van der Waals surface area (Å²) in [6.45, 7) is 4.40. The molecule has 2 aromatic rings. The Morgan fingerprint density at radius 2 is 2.00 bits per heavy atom. The van der Waals surface area contributed by atoms with Gasteiger partial charge in [0.15, 0.2) is 0 Å². The summed E-state index contributed by atoms with van der Waals surface area (Å²) in [6.07, 6.45) is 1.48. The number of ether oxygens (including phenoxy) is 1. The highest BCUT2D eigenvalue weighted by Crippen LogP contribution is 2.22. The van der Waals surface area contributed by atoms with Crippen LogP contribution in [0.2, 0.25) is 10.0 Å². The van der Waals surface area contributed by atoms with Gasteiger partial charge in [-0.3, -0.25) is 4.79 Å². The van der Waals surface area contributed by atoms with E-state index in [9.17, 15) is 9.59 Å². The molecule has 0 aromatic carbocycles. The van der Waals surface area contributed by atoms with Gasteiger partial charge in [-0.1, -0.05) is 23.2 Å². The van der Waals surface area contributed by atoms with Gasteiger partial charge in [-0.05, 0) is 32.0 Å². The number of carbonyl (C=O) groups is 2. The number of nitrogens with zero attached hydrogens (tertiary/aromatic N) is 2. The Balaban J connectivity index is 1.87. The fraction of sp³-hybridized carbons (Fsp3) is 0.294. The summed E-state index contributed by atoms with van der Waals surface area (Å²) in [5.41, 5.74) is 0.998. The number of anilines is 1. The number of esters is 1. The molecule has 2 N–H and O–H groups in total. The van der Waals surface area contributed by atoms with Crippen molar-refractivity contribution in [2.75, 3.05) is 25.0 Å². The van der Waals surface area contributed by atoms with Crippen molar-refractivity contribution >= 4 is 40.9 Å². The molecule has 0 atom stereocenters. The van der Waals surface area contributed by atoms with Gasteiger partial charge >= 0.3 is 5.97 Å². The fourth-order valence-electron chi connectivity index (χ4n) is 2.10. The normalized spacial score (nSPS) is 10.3. The molecule has 0 aliphatic heterocycles. The molecule has 2 rings (SSSR count). The molecule has 2 heterocycles. The van der Waals surface area contributed by atoms with Crippen LogP contribution in [0.3, 0.4) is 0 Å². The first-order valence-electron chi connectivity index (χ1n) is 7.90. The van der Waals surface area contributed by atoms with E-state index in [4.69, 9.17) is 27.9 Å². The minimum absolute atomic E-state index is 0.221. The Morgan fingerprint density at radius 1 is 1.23 bits per heavy atom. The van der Waals surface area contributed by atoms with Crippen molar-refractivity contribution in [1.82, 2.24) is 15.3 Å². The summed E-state index contributed by atoms with van der Waals surface area (Å²) in [5, 5.41) is 6.57. The van der Waals surface area contributed by atoms with E-state index < -0.39 is 5.97 Å². The van der Waals surface area contributed by atoms with Crippen LogP contribution < -0.4 is 10.6 Å². The van der Waals surface area contributed by atoms with Crippen LogP contribution in [-0.2, 0) is 4.74 Å². The summed E-state index contributed by atoms with van der Waals surface area (Å²) in [5.74, 6) is -0.320. The molecule has 0 fully saturated rings. The van der Waals surface area contributed by atoms with Crippen LogP contribution in [0.15, 0.2) is 24.4 Å². The fourth-order valence-corrected chi connectivity index (χ4v) is 2.55. The van der Waals surface area contributed by atoms with E-state index in [1.54, 1.807) is 19.9 Å². The summed E-state index contributed by atoms with van der Waals surface area (Å²) in [6, 6.07) is 4.60. The SMILES string of the molecule is CCOC(=O)c1ccc(C(=O)NCCNc2ncc(Cl)cc2Cl)nc1C. The molecule has 0 radical (unpaired) electrons. The maximum atomic E-state index is 12.1. The average Bonchev–Trinajstić information content (AvgIpc) is 2.60. The van der Waals surface area contributed by atoms with E-state index >= 15 is 0 Å². The van der Waals surface area contributed by atoms with Crippen LogP contribution in [-0.4, -0.2) is 41.5 Å². The van der Waals surface area contributed by atoms with Gasteiger partial charge in [-0.2, -0.15) is 0 Å². The van der Waals surface area contributed by atoms with Crippen molar-refractivity contribution in [2.45, 2.75) is 13.8 Å². The van der Waals surface area contributed by atoms with Gasteiger partial charge in [0.25, 0.3) is 5.91 Å². The zero-order valence-corrected chi connectivity index (χ0v) is 15.8. The van der Waals surface area contributed by atoms with Crippen molar-refractivity contribution in [2.24, 2.45) is 0 Å². The molecule has 0 saturated heterocycles. The lowest BCUT2D eigenvalue weighted by Crippen LogP contribution is -2.29. The van der Waals surface area contributed by atoms with Crippen LogP contribution in [0, 0.1) is 6.92 Å². The van der Waals surface area contributed by atoms with E-state index in [-0.39, 0.29) is 18.2 Å². The first-order valence-corrected chi connectivity index (χ1v) is 8.65. The summed E-state index contributed by atoms with van der Waals surface area (Å²) in [4.78, 5) is 32.1. The topological polar surface area (TPSA) is 93.2 Å². The van der Waals surface area contributed by atoms with Crippen LogP contribution >= 0.6 is 23.2 Å². The molecule has 0 bridgehead atoms. The zero-order valence-electron chi connectivity index (χ0n) is 14.3. The molecule has 9 heteroatoms. The number of rotatable bonds is 7. The van der Waals surface area contributed by atoms with Crippen molar-refractivity contribution in [3.8, 4) is 0 Å². The third kappa shape index (κ3) is 5.31. The predicted molar refractivity (Wildman–Crippen MR) is 100 cm³/mol. The first-order chi connectivity index (χ1) is 12.4. The minimum atomic E-state index is -0.457. The highest BCUT2D eigenvalue weighted by Gasteiger charge is 2.14. The van der Waals surface area contributed by atoms with Gasteiger partial charge in [0.1, 0.15) is 11.5 Å². The number of hydrogen-bond acceptors (Lipinski definition) is 6. The van der Waals surface area contributed by atoms with Crippen LogP contribution in [0.5, 0.6) is 0 Å². The minimum Gasteiger partial charge on any atom is -0.462 e. The largest absolute Gasteiger partial charge is 0.462 e. The highest BCUT2D eigenvalue weighted by molar-refractivity contribution is 6.35. The standard InChI is InChI=1S/C17H18Cl2N4O3/c1-3-26-17(25)12-4-5-14(23-10(12)2)16(24)21-7-6-20-15-13(19)8-11(18)9-22-15/h4-5,8-9H,3,6-7H2,1-2H3,(H,20,22)(H,21,24). The highest BCUT2D eigenvalue weighted by atomic mass is 35.5. The summed E-state index contributed by atoms with van der Waals surface area (Å²) < 4.78 is 4.93. The Labute approximate surface area is 161 Å². The number of hydrogen-bond donors (Lipinski definition) is 2. The average molecular weight is 397 g/mol. The second kappa shape index (κ2) is 9.35. The van der Waals surface area contributed by atoms with E-state index in [1.807, 2.05) is 0 Å². The summed E-state index contributed by atoms with van der Waals surface area (Å²) >= 11 is 11.8. The van der Waals surface area contributed by atoms with Crippen molar-refractivity contribution < 1.29 is 14.3 Å². The molecule has 26 heavy (non-hydrogen) atoms. The predicted octanol–water partition coefficient (Wildman–Crippen LogP) is 3.11. The van der Waals surface area contributed by atoms with Gasteiger partial charge in [0, 0.05) is 19.3 Å². The van der Waals surface area contributed by atoms with Gasteiger partial charge in [0.05, 0.1) is 27.9 Å². The summed E-state index contributed by atoms with van der Waals surface area (Å²) in [7, 11) is 0. The smallest absolute Gasteiger partial charge is 0.339 e. The van der Waals surface area contributed by atoms with Crippen LogP contribution in [0.1, 0.15) is 33.5 Å². The third-order valence-corrected chi connectivity index (χ3v) is 3.82. The number of amides is 1. The maximum absolute atomic E-state index is 12.1. The number of nitrogens with one attached hydrogen (secondary N) is 2. The molecule has 0 aliphatic carbocycles. The van der Waals surface area contributed by atoms with E-state index in [2.05, 4.69) is 20.6 Å². The Morgan fingerprint density at radius 3 is 2.65 bits per heavy atom. The molecule has 7 nitrogen and oxygen atoms in total. The van der Waals surface area contributed by atoms with E-state index in [1.165, 1.54) is 18.3 Å². The molecule has 0 unspecified atom stereocenters. The number of aryl methyl sites for hydroxylation is 1. The monoisotopic (exact) mass is 396 g/mol. The zero-order chi connectivity index (χ0) is 19.1. The molecule has 0 spiro atoms. The van der Waals surface area contributed by atoms with Crippen molar-refractivity contribution in [3.05, 3.63) is 51.4 Å². The lowest BCUT2D eigenvalue weighted by Gasteiger charge is -2.10. The van der Waals surface area contributed by atoms with Crippen LogP contribution in [0.25, 0.3) is 0 Å². The molecular weight excluding hydrogens is 379 g/mol. The quantitative estimate of drug-likeness (QED) is 0.551. The molecule has 1 amide bonds. The Hall–Kier alpha value is -2.38. The second-order valence-corrected chi connectivity index (χ2v) is 6.06. The molecule has 0 aliphatic rings. The number of carbonyl (C=O) groups excluding carboxylic acids is 2. The molecule has 138 valence electrons. The number of aromatic nitrogens is 2. The van der Waals surface area contributed by atoms with Crippen molar-refractivity contribution in [3.63, 3.8) is 0 Å². The van der Waals surface area contributed by atoms with Gasteiger partial charge in [-0.25, -0.2) is 14.8 Å². The van der Waals surface area contributed by atoms with Gasteiger partial charge in [-0.15, -0.1) is 0 Å². The van der Waals surface area contributed by atoms with Crippen LogP contribution in [0.4, 0.5) is 5.82 Å². The Kier molecular flexibility index (Phi) is 7.17. The van der Waals surface area contributed by atoms with E-state index in [0.717, 1.165) is 0 Å². The maximum Gasteiger partial charge on any atom is 0.339 e. The van der Waals surface area contributed by atoms with E-state index in [0.29, 0.717) is 40.2 Å². The number of pyridine rings is 2. The molecular formula is C17H18Cl2N4O3. The number of halogens is 2. The first kappa shape index (κ1) is 19.9. The lowest BCUT2D eigenvalue weighted by molar-refractivity contribution is 0.0524. The van der Waals surface area contributed by atoms with Gasteiger partial charge < -0.3 is 15.4 Å². The second-order valence-electron chi connectivity index (χ2n) is 5.22. The third-order valence-electron chi connectivity index (χ3n) is 3.32. The van der Waals surface area contributed by atoms with Gasteiger partial charge in [0.2, 0.25) is 0 Å². The van der Waals surface area contributed by atoms with Crippen molar-refractivity contribution in [1.29, 1.82) is 0 Å². The molecule has 2 aromatic heterocycles.